The van der Waals surface area contributed by atoms with Gasteiger partial charge in [0.25, 0.3) is 0 Å². The first-order chi connectivity index (χ1) is 45.4. The Balaban J connectivity index is 1.26. The lowest BCUT2D eigenvalue weighted by Gasteiger charge is -2.40. The lowest BCUT2D eigenvalue weighted by atomic mass is 10.1. The molecule has 0 amide bonds. The van der Waals surface area contributed by atoms with Crippen LogP contribution < -0.4 is 38.2 Å². The van der Waals surface area contributed by atoms with Gasteiger partial charge in [-0.15, -0.1) is 0 Å². The number of anilines is 4. The minimum Gasteiger partial charge on any atom is -0.490 e. The zero-order valence-electron chi connectivity index (χ0n) is 58.8. The normalized spacial score (nSPS) is 11.8. The molecule has 0 aliphatic carbocycles. The van der Waals surface area contributed by atoms with Crippen molar-refractivity contribution in [1.29, 1.82) is 0 Å². The highest BCUT2D eigenvalue weighted by molar-refractivity contribution is 5.94. The van der Waals surface area contributed by atoms with Gasteiger partial charge in [-0.3, -0.25) is 0 Å². The van der Waals surface area contributed by atoms with E-state index in [9.17, 15) is 9.59 Å². The molecule has 1 aliphatic rings. The second-order valence-electron chi connectivity index (χ2n) is 25.6. The van der Waals surface area contributed by atoms with Crippen molar-refractivity contribution in [2.24, 2.45) is 0 Å². The number of ether oxygens (including phenoxy) is 8. The lowest BCUT2D eigenvalue weighted by Crippen LogP contribution is -2.31. The molecule has 0 radical (unpaired) electrons. The van der Waals surface area contributed by atoms with Gasteiger partial charge in [-0.2, -0.15) is 0 Å². The summed E-state index contributed by atoms with van der Waals surface area (Å²) >= 11 is 0. The number of carbonyl (C=O) groups is 2. The van der Waals surface area contributed by atoms with E-state index in [4.69, 9.17) is 37.9 Å². The van der Waals surface area contributed by atoms with Crippen LogP contribution in [-0.4, -0.2) is 77.9 Å². The number of fused-ring (bicyclic) bond motifs is 2. The van der Waals surface area contributed by atoms with Crippen LogP contribution >= 0.6 is 0 Å². The molecule has 92 heavy (non-hydrogen) atoms. The molecule has 0 atom stereocenters. The number of hydrogen-bond donors (Lipinski definition) is 0. The smallest absolute Gasteiger partial charge is 0.338 e. The maximum Gasteiger partial charge on any atom is 0.338 e. The van der Waals surface area contributed by atoms with E-state index in [1.54, 1.807) is 24.3 Å². The number of benzene rings is 4. The van der Waals surface area contributed by atoms with E-state index in [0.717, 1.165) is 99.8 Å². The molecule has 5 rings (SSSR count). The summed E-state index contributed by atoms with van der Waals surface area (Å²) in [6.45, 7) is 18.4. The first kappa shape index (κ1) is 76.9. The molecule has 12 nitrogen and oxygen atoms in total. The highest BCUT2D eigenvalue weighted by atomic mass is 16.6. The van der Waals surface area contributed by atoms with Gasteiger partial charge < -0.3 is 47.7 Å². The summed E-state index contributed by atoms with van der Waals surface area (Å²) < 4.78 is 51.4. The van der Waals surface area contributed by atoms with Gasteiger partial charge >= 0.3 is 11.9 Å². The molecule has 0 saturated carbocycles. The van der Waals surface area contributed by atoms with E-state index >= 15 is 0 Å². The predicted molar refractivity (Wildman–Crippen MR) is 383 cm³/mol. The van der Waals surface area contributed by atoms with Crippen LogP contribution in [0, 0.1) is 0 Å². The maximum atomic E-state index is 14.2. The Labute approximate surface area is 559 Å². The van der Waals surface area contributed by atoms with Gasteiger partial charge in [0.05, 0.1) is 86.7 Å². The van der Waals surface area contributed by atoms with Gasteiger partial charge in [0.2, 0.25) is 11.5 Å². The number of esters is 2. The van der Waals surface area contributed by atoms with Crippen LogP contribution in [0.4, 0.5) is 22.7 Å². The monoisotopic (exact) mass is 1270 g/mol. The molecule has 0 spiro atoms. The third-order valence-electron chi connectivity index (χ3n) is 17.5. The quantitative estimate of drug-likeness (QED) is 0.0310. The molecule has 12 heteroatoms. The summed E-state index contributed by atoms with van der Waals surface area (Å²) in [5.74, 6) is 2.55. The van der Waals surface area contributed by atoms with Crippen molar-refractivity contribution in [3.8, 4) is 34.5 Å². The average molecular weight is 1280 g/mol. The molecule has 4 aromatic carbocycles. The Morgan fingerprint density at radius 1 is 0.272 bits per heavy atom. The van der Waals surface area contributed by atoms with E-state index in [0.29, 0.717) is 111 Å². The lowest BCUT2D eigenvalue weighted by molar-refractivity contribution is 0.0492. The van der Waals surface area contributed by atoms with Crippen molar-refractivity contribution in [2.75, 3.05) is 75.7 Å². The average Bonchev–Trinajstić information content (AvgIpc) is 0.773. The third kappa shape index (κ3) is 29.7. The van der Waals surface area contributed by atoms with Crippen LogP contribution in [0.25, 0.3) is 0 Å². The van der Waals surface area contributed by atoms with E-state index in [1.807, 2.05) is 0 Å². The molecule has 1 heterocycles. The second kappa shape index (κ2) is 49.8. The van der Waals surface area contributed by atoms with Crippen molar-refractivity contribution in [3.63, 3.8) is 0 Å². The molecule has 516 valence electrons. The highest BCUT2D eigenvalue weighted by Crippen LogP contribution is 2.48. The fraction of sp³-hybridized carbons (Fsp3) is 0.675. The van der Waals surface area contributed by atoms with Crippen LogP contribution in [0.1, 0.15) is 306 Å². The number of nitrogens with zero attached hydrogens (tertiary/aromatic N) is 2. The Bertz CT molecular complexity index is 2250. The number of hydrogen-bond acceptors (Lipinski definition) is 12. The van der Waals surface area contributed by atoms with E-state index < -0.39 is 11.9 Å². The van der Waals surface area contributed by atoms with Crippen LogP contribution in [-0.2, 0) is 9.47 Å². The van der Waals surface area contributed by atoms with Crippen molar-refractivity contribution < 1.29 is 47.5 Å². The molecule has 0 bridgehead atoms. The largest absolute Gasteiger partial charge is 0.490 e. The van der Waals surface area contributed by atoms with Crippen molar-refractivity contribution >= 4 is 34.7 Å². The third-order valence-corrected chi connectivity index (χ3v) is 17.5. The zero-order valence-corrected chi connectivity index (χ0v) is 58.8. The van der Waals surface area contributed by atoms with Crippen LogP contribution in [0.2, 0.25) is 0 Å². The van der Waals surface area contributed by atoms with Crippen molar-refractivity contribution in [2.45, 2.75) is 286 Å². The zero-order chi connectivity index (χ0) is 65.3. The molecule has 1 aliphatic heterocycles. The molecule has 0 fully saturated rings. The topological polar surface area (TPSA) is 114 Å². The van der Waals surface area contributed by atoms with Gasteiger partial charge in [0.15, 0.2) is 23.0 Å². The summed E-state index contributed by atoms with van der Waals surface area (Å²) in [6.07, 6.45) is 42.8. The molecule has 0 saturated heterocycles. The fourth-order valence-corrected chi connectivity index (χ4v) is 12.0. The number of unbranched alkanes of at least 4 members (excludes halogenated alkanes) is 30. The van der Waals surface area contributed by atoms with Crippen LogP contribution in [0.5, 0.6) is 34.5 Å². The Morgan fingerprint density at radius 2 is 0.489 bits per heavy atom. The minimum absolute atomic E-state index is 0.224. The summed E-state index contributed by atoms with van der Waals surface area (Å²) in [5, 5.41) is 0. The fourth-order valence-electron chi connectivity index (χ4n) is 12.0. The minimum atomic E-state index is -0.410. The maximum absolute atomic E-state index is 14.2. The number of carbonyl (C=O) groups excluding carboxylic acids is 2. The molecule has 4 aromatic rings. The second-order valence-corrected chi connectivity index (χ2v) is 25.6. The first-order valence-electron chi connectivity index (χ1n) is 37.6. The van der Waals surface area contributed by atoms with Crippen LogP contribution in [0.15, 0.2) is 72.8 Å². The highest BCUT2D eigenvalue weighted by Gasteiger charge is 2.29. The van der Waals surface area contributed by atoms with Gasteiger partial charge in [0, 0.05) is 13.1 Å². The van der Waals surface area contributed by atoms with E-state index in [2.05, 4.69) is 99.9 Å². The molecule has 0 unspecified atom stereocenters. The SMILES string of the molecule is CCCCCCCCOc1cc(C(=O)OCCCN2c3ccccc3N(CCCOC(=O)c3cc(OCCCCCCCC)c(OCCCCCCCC)c(OCCCCCCCC)c3)c3ccccc32)cc(OCCCCCCCC)c1OCCCCCCCC. The number of rotatable bonds is 58. The molecular formula is C80H126N2O10. The standard InChI is InChI=1S/C80H126N2O10/c1-7-13-19-25-31-41-55-85-73-63-67(64-74(86-56-42-32-26-20-14-8-2)77(73)89-59-45-35-29-23-17-11-5)79(83)91-61-47-53-81-69-49-37-39-51-71(69)82(72-52-40-38-50-70(72)81)54-48-62-92-80(84)68-65-75(87-57-43-33-27-21-15-9-3)78(90-60-46-36-30-24-18-12-6)76(66-68)88-58-44-34-28-22-16-10-4/h37-40,49-52,63-66H,7-36,41-48,53-62H2,1-6H3. The summed E-state index contributed by atoms with van der Waals surface area (Å²) in [5.41, 5.74) is 5.05. The van der Waals surface area contributed by atoms with Gasteiger partial charge in [-0.25, -0.2) is 9.59 Å². The molecule has 0 aromatic heterocycles. The Morgan fingerprint density at radius 3 is 0.728 bits per heavy atom. The predicted octanol–water partition coefficient (Wildman–Crippen LogP) is 23.2. The summed E-state index contributed by atoms with van der Waals surface area (Å²) in [7, 11) is 0. The molecule has 0 N–H and O–H groups in total. The van der Waals surface area contributed by atoms with E-state index in [-0.39, 0.29) is 13.2 Å². The summed E-state index contributed by atoms with van der Waals surface area (Å²) in [6, 6.07) is 24.1. The first-order valence-corrected chi connectivity index (χ1v) is 37.6. The Kier molecular flexibility index (Phi) is 41.6. The van der Waals surface area contributed by atoms with Gasteiger partial charge in [0.1, 0.15) is 0 Å². The summed E-state index contributed by atoms with van der Waals surface area (Å²) in [4.78, 5) is 33.0. The van der Waals surface area contributed by atoms with Crippen molar-refractivity contribution in [3.05, 3.63) is 83.9 Å². The van der Waals surface area contributed by atoms with Crippen molar-refractivity contribution in [1.82, 2.24) is 0 Å². The Hall–Kier alpha value is -5.78. The van der Waals surface area contributed by atoms with E-state index in [1.165, 1.54) is 154 Å². The van der Waals surface area contributed by atoms with Gasteiger partial charge in [-0.1, -0.05) is 258 Å². The number of para-hydroxylation sites is 4. The van der Waals surface area contributed by atoms with Gasteiger partial charge in [-0.05, 0) is 99.9 Å². The molecular weight excluding hydrogens is 1150 g/mol. The van der Waals surface area contributed by atoms with Crippen LogP contribution in [0.3, 0.4) is 0 Å².